The number of phenols is 1. The predicted molar refractivity (Wildman–Crippen MR) is 60.4 cm³/mol. The average molecular weight is 239 g/mol. The molecule has 0 unspecified atom stereocenters. The molecule has 0 bridgehead atoms. The topological polar surface area (TPSA) is 59.2 Å². The molecule has 0 spiro atoms. The molecule has 0 aliphatic rings. The Bertz CT molecular complexity index is 496. The third-order valence-corrected chi connectivity index (χ3v) is 2.37. The van der Waals surface area contributed by atoms with Crippen LogP contribution in [0.5, 0.6) is 5.75 Å². The molecule has 0 aliphatic carbocycles. The molecule has 0 saturated heterocycles. The fraction of sp³-hybridized carbons (Fsp3) is 0.273. The summed E-state index contributed by atoms with van der Waals surface area (Å²) in [5.74, 6) is 1.01. The number of rotatable bonds is 3. The van der Waals surface area contributed by atoms with Gasteiger partial charge in [0.1, 0.15) is 5.75 Å². The number of phenolic OH excluding ortho intramolecular Hbond substituents is 1. The quantitative estimate of drug-likeness (QED) is 0.893. The van der Waals surface area contributed by atoms with Crippen LogP contribution in [-0.4, -0.2) is 15.2 Å². The Kier molecular flexibility index (Phi) is 3.10. The van der Waals surface area contributed by atoms with Gasteiger partial charge in [-0.05, 0) is 24.6 Å². The molecule has 16 heavy (non-hydrogen) atoms. The Morgan fingerprint density at radius 1 is 1.44 bits per heavy atom. The molecule has 0 saturated carbocycles. The van der Waals surface area contributed by atoms with Crippen molar-refractivity contribution in [3.05, 3.63) is 29.0 Å². The van der Waals surface area contributed by atoms with Crippen LogP contribution < -0.4 is 0 Å². The van der Waals surface area contributed by atoms with Crippen molar-refractivity contribution in [2.45, 2.75) is 19.8 Å². The van der Waals surface area contributed by atoms with E-state index in [1.165, 1.54) is 6.07 Å². The largest absolute Gasteiger partial charge is 0.507 e. The van der Waals surface area contributed by atoms with E-state index in [0.717, 1.165) is 12.8 Å². The minimum atomic E-state index is 0.0797. The lowest BCUT2D eigenvalue weighted by molar-refractivity contribution is 0.417. The zero-order valence-corrected chi connectivity index (χ0v) is 9.53. The van der Waals surface area contributed by atoms with Crippen LogP contribution in [0.15, 0.2) is 22.7 Å². The Labute approximate surface area is 97.9 Å². The van der Waals surface area contributed by atoms with E-state index in [2.05, 4.69) is 10.1 Å². The van der Waals surface area contributed by atoms with Crippen LogP contribution >= 0.6 is 11.6 Å². The predicted octanol–water partition coefficient (Wildman–Crippen LogP) is 3.05. The number of aromatic hydroxyl groups is 1. The van der Waals surface area contributed by atoms with E-state index in [4.69, 9.17) is 16.1 Å². The summed E-state index contributed by atoms with van der Waals surface area (Å²) in [5, 5.41) is 14.0. The summed E-state index contributed by atoms with van der Waals surface area (Å²) >= 11 is 5.83. The van der Waals surface area contributed by atoms with Crippen LogP contribution in [0.3, 0.4) is 0 Å². The van der Waals surface area contributed by atoms with E-state index in [1.54, 1.807) is 12.1 Å². The molecule has 1 N–H and O–H groups in total. The number of nitrogens with zero attached hydrogens (tertiary/aromatic N) is 2. The van der Waals surface area contributed by atoms with Crippen molar-refractivity contribution >= 4 is 11.6 Å². The summed E-state index contributed by atoms with van der Waals surface area (Å²) in [6, 6.07) is 4.70. The summed E-state index contributed by atoms with van der Waals surface area (Å²) in [6.45, 7) is 2.03. The van der Waals surface area contributed by atoms with Crippen LogP contribution in [-0.2, 0) is 6.42 Å². The normalized spacial score (nSPS) is 10.6. The maximum absolute atomic E-state index is 9.64. The summed E-state index contributed by atoms with van der Waals surface area (Å²) in [6.07, 6.45) is 1.70. The molecule has 0 atom stereocenters. The molecule has 1 aromatic heterocycles. The Hall–Kier alpha value is -1.55. The second-order valence-electron chi connectivity index (χ2n) is 3.43. The molecule has 2 aromatic rings. The lowest BCUT2D eigenvalue weighted by Crippen LogP contribution is -1.85. The van der Waals surface area contributed by atoms with Crippen molar-refractivity contribution in [1.82, 2.24) is 10.1 Å². The Morgan fingerprint density at radius 2 is 2.25 bits per heavy atom. The van der Waals surface area contributed by atoms with Crippen LogP contribution in [0.2, 0.25) is 5.02 Å². The highest BCUT2D eigenvalue weighted by Gasteiger charge is 2.12. The van der Waals surface area contributed by atoms with Crippen LogP contribution in [0.25, 0.3) is 11.5 Å². The molecule has 5 heteroatoms. The van der Waals surface area contributed by atoms with Crippen LogP contribution in [0, 0.1) is 0 Å². The molecule has 2 rings (SSSR count). The van der Waals surface area contributed by atoms with Crippen molar-refractivity contribution < 1.29 is 9.63 Å². The summed E-state index contributed by atoms with van der Waals surface area (Å²) < 4.78 is 5.06. The monoisotopic (exact) mass is 238 g/mol. The van der Waals surface area contributed by atoms with Gasteiger partial charge in [0, 0.05) is 11.4 Å². The second-order valence-corrected chi connectivity index (χ2v) is 3.86. The fourth-order valence-corrected chi connectivity index (χ4v) is 1.54. The van der Waals surface area contributed by atoms with Crippen molar-refractivity contribution in [2.24, 2.45) is 0 Å². The van der Waals surface area contributed by atoms with Gasteiger partial charge in [-0.15, -0.1) is 0 Å². The molecule has 0 fully saturated rings. The van der Waals surface area contributed by atoms with E-state index < -0.39 is 0 Å². The lowest BCUT2D eigenvalue weighted by atomic mass is 10.2. The van der Waals surface area contributed by atoms with Crippen molar-refractivity contribution in [3.63, 3.8) is 0 Å². The highest BCUT2D eigenvalue weighted by atomic mass is 35.5. The number of hydrogen-bond acceptors (Lipinski definition) is 4. The summed E-state index contributed by atoms with van der Waals surface area (Å²) in [4.78, 5) is 4.18. The minimum absolute atomic E-state index is 0.0797. The lowest BCUT2D eigenvalue weighted by Gasteiger charge is -1.98. The maximum Gasteiger partial charge on any atom is 0.261 e. The molecule has 1 aromatic carbocycles. The first-order valence-corrected chi connectivity index (χ1v) is 5.40. The van der Waals surface area contributed by atoms with Gasteiger partial charge in [-0.3, -0.25) is 0 Å². The Balaban J connectivity index is 2.38. The zero-order chi connectivity index (χ0) is 11.5. The molecular weight excluding hydrogens is 228 g/mol. The van der Waals surface area contributed by atoms with Gasteiger partial charge in [0.15, 0.2) is 5.82 Å². The number of aromatic nitrogens is 2. The van der Waals surface area contributed by atoms with Gasteiger partial charge >= 0.3 is 0 Å². The summed E-state index contributed by atoms with van der Waals surface area (Å²) in [7, 11) is 0. The molecule has 0 amide bonds. The number of aryl methyl sites for hydroxylation is 1. The van der Waals surface area contributed by atoms with Gasteiger partial charge in [0.25, 0.3) is 5.89 Å². The highest BCUT2D eigenvalue weighted by molar-refractivity contribution is 6.30. The van der Waals surface area contributed by atoms with E-state index in [1.807, 2.05) is 6.92 Å². The van der Waals surface area contributed by atoms with Crippen molar-refractivity contribution in [3.8, 4) is 17.2 Å². The minimum Gasteiger partial charge on any atom is -0.507 e. The molecule has 0 radical (unpaired) electrons. The van der Waals surface area contributed by atoms with E-state index in [0.29, 0.717) is 22.3 Å². The maximum atomic E-state index is 9.64. The van der Waals surface area contributed by atoms with Gasteiger partial charge in [-0.1, -0.05) is 23.7 Å². The second kappa shape index (κ2) is 4.53. The number of benzene rings is 1. The standard InChI is InChI=1S/C11H11ClN2O2/c1-2-3-10-13-11(16-14-10)8-6-7(12)4-5-9(8)15/h4-6,15H,2-3H2,1H3. The van der Waals surface area contributed by atoms with Gasteiger partial charge in [0.05, 0.1) is 5.56 Å². The van der Waals surface area contributed by atoms with E-state index >= 15 is 0 Å². The van der Waals surface area contributed by atoms with E-state index in [-0.39, 0.29) is 5.75 Å². The molecule has 1 heterocycles. The highest BCUT2D eigenvalue weighted by Crippen LogP contribution is 2.30. The van der Waals surface area contributed by atoms with Gasteiger partial charge in [0.2, 0.25) is 0 Å². The van der Waals surface area contributed by atoms with Crippen LogP contribution in [0.4, 0.5) is 0 Å². The molecule has 84 valence electrons. The number of halogens is 1. The van der Waals surface area contributed by atoms with Crippen molar-refractivity contribution in [1.29, 1.82) is 0 Å². The first-order valence-electron chi connectivity index (χ1n) is 5.02. The zero-order valence-electron chi connectivity index (χ0n) is 8.77. The first kappa shape index (κ1) is 11.0. The first-order chi connectivity index (χ1) is 7.70. The number of hydrogen-bond donors (Lipinski definition) is 1. The smallest absolute Gasteiger partial charge is 0.261 e. The third kappa shape index (κ3) is 2.17. The average Bonchev–Trinajstić information content (AvgIpc) is 2.71. The summed E-state index contributed by atoms with van der Waals surface area (Å²) in [5.41, 5.74) is 0.461. The SMILES string of the molecule is CCCc1noc(-c2cc(Cl)ccc2O)n1. The molecule has 0 aliphatic heterocycles. The Morgan fingerprint density at radius 3 is 3.00 bits per heavy atom. The van der Waals surface area contributed by atoms with Crippen molar-refractivity contribution in [2.75, 3.05) is 0 Å². The molecular formula is C11H11ClN2O2. The van der Waals surface area contributed by atoms with Gasteiger partial charge < -0.3 is 9.63 Å². The fourth-order valence-electron chi connectivity index (χ4n) is 1.37. The van der Waals surface area contributed by atoms with E-state index in [9.17, 15) is 5.11 Å². The van der Waals surface area contributed by atoms with Crippen LogP contribution in [0.1, 0.15) is 19.2 Å². The van der Waals surface area contributed by atoms with Gasteiger partial charge in [-0.2, -0.15) is 4.98 Å². The molecule has 4 nitrogen and oxygen atoms in total. The van der Waals surface area contributed by atoms with Gasteiger partial charge in [-0.25, -0.2) is 0 Å². The third-order valence-electron chi connectivity index (χ3n) is 2.13.